The van der Waals surface area contributed by atoms with Gasteiger partial charge in [0, 0.05) is 49.9 Å². The van der Waals surface area contributed by atoms with E-state index in [1.807, 2.05) is 0 Å². The maximum atomic E-state index is 12.8. The van der Waals surface area contributed by atoms with Crippen LogP contribution in [0, 0.1) is 23.7 Å². The van der Waals surface area contributed by atoms with Gasteiger partial charge in [-0.05, 0) is 63.2 Å². The molecule has 0 heterocycles. The van der Waals surface area contributed by atoms with E-state index in [4.69, 9.17) is 28.4 Å². The highest BCUT2D eigenvalue weighted by Gasteiger charge is 2.23. The van der Waals surface area contributed by atoms with E-state index in [-0.39, 0.29) is 76.6 Å². The van der Waals surface area contributed by atoms with Gasteiger partial charge in [-0.2, -0.15) is 0 Å². The molecule has 0 aromatic carbocycles. The third-order valence-corrected chi connectivity index (χ3v) is 21.3. The topological polar surface area (TPSA) is 182 Å². The molecule has 4 atom stereocenters. The number of rotatable bonds is 83. The minimum Gasteiger partial charge on any atom is -0.463 e. The van der Waals surface area contributed by atoms with Gasteiger partial charge in [0.2, 0.25) is 11.8 Å². The average Bonchev–Trinajstić information content (AvgIpc) is 0.950. The van der Waals surface area contributed by atoms with Crippen LogP contribution >= 0.6 is 0 Å². The maximum absolute atomic E-state index is 12.8. The van der Waals surface area contributed by atoms with Crippen molar-refractivity contribution in [3.8, 4) is 0 Å². The number of unbranched alkanes of at least 4 members (excludes halogenated alkanes) is 40. The normalized spacial score (nSPS) is 12.6. The minimum atomic E-state index is -0.427. The van der Waals surface area contributed by atoms with Gasteiger partial charge in [0.1, 0.15) is 26.4 Å². The van der Waals surface area contributed by atoms with Crippen molar-refractivity contribution < 1.29 is 57.2 Å². The van der Waals surface area contributed by atoms with Crippen molar-refractivity contribution in [2.75, 3.05) is 65.9 Å². The van der Waals surface area contributed by atoms with Crippen molar-refractivity contribution >= 4 is 35.7 Å². The standard InChI is InChI=1S/C90H168N2O12/c1-9-13-17-21-33-45-57-81(83(59-47-35-23-19-15-11-3)63-51-39-27-31-43-55-67-87(95)101-75-71-99-73-77-103-89(97)79(5)6)61-49-37-25-29-41-53-65-85(93)91-69-70-92-86(94)66-54-42-30-26-38-50-62-82(58-46-34-22-18-14-10-2)84(60-48-36-24-20-16-12-4)64-52-40-28-32-44-56-68-88(96)102-76-72-100-74-78-104-90(98)80(7)8/h81-84H,5,7,9-78H2,1-4,6,8H3,(H,91,93)(H,92,94). The molecule has 0 rings (SSSR count). The summed E-state index contributed by atoms with van der Waals surface area (Å²) in [5.74, 6) is 2.32. The van der Waals surface area contributed by atoms with Crippen LogP contribution in [0.1, 0.15) is 427 Å². The summed E-state index contributed by atoms with van der Waals surface area (Å²) in [6.45, 7) is 22.4. The summed E-state index contributed by atoms with van der Waals surface area (Å²) in [4.78, 5) is 73.0. The highest BCUT2D eigenvalue weighted by atomic mass is 16.6. The van der Waals surface area contributed by atoms with Gasteiger partial charge in [-0.1, -0.05) is 375 Å². The number of amides is 2. The second-order valence-corrected chi connectivity index (χ2v) is 31.1. The Balaban J connectivity index is 4.78. The molecule has 0 aromatic heterocycles. The summed E-state index contributed by atoms with van der Waals surface area (Å²) in [6.07, 6.45) is 73.6. The summed E-state index contributed by atoms with van der Waals surface area (Å²) >= 11 is 0. The zero-order valence-corrected chi connectivity index (χ0v) is 69.1. The molecule has 0 bridgehead atoms. The van der Waals surface area contributed by atoms with Crippen LogP contribution in [0.15, 0.2) is 24.3 Å². The number of nitrogens with one attached hydrogen (secondary N) is 2. The number of esters is 4. The van der Waals surface area contributed by atoms with Gasteiger partial charge in [0.25, 0.3) is 0 Å². The lowest BCUT2D eigenvalue weighted by Crippen LogP contribution is -2.34. The summed E-state index contributed by atoms with van der Waals surface area (Å²) in [6, 6.07) is 0. The Hall–Kier alpha value is -3.78. The maximum Gasteiger partial charge on any atom is 0.333 e. The van der Waals surface area contributed by atoms with Gasteiger partial charge < -0.3 is 39.1 Å². The van der Waals surface area contributed by atoms with E-state index < -0.39 is 11.9 Å². The fraction of sp³-hybridized carbons (Fsp3) is 0.889. The third kappa shape index (κ3) is 69.9. The van der Waals surface area contributed by atoms with E-state index in [0.717, 1.165) is 87.9 Å². The molecule has 104 heavy (non-hydrogen) atoms. The van der Waals surface area contributed by atoms with Gasteiger partial charge >= 0.3 is 23.9 Å². The molecule has 14 heteroatoms. The van der Waals surface area contributed by atoms with Gasteiger partial charge in [-0.25, -0.2) is 9.59 Å². The Morgan fingerprint density at radius 2 is 0.442 bits per heavy atom. The van der Waals surface area contributed by atoms with E-state index in [2.05, 4.69) is 51.5 Å². The lowest BCUT2D eigenvalue weighted by molar-refractivity contribution is -0.147. The first-order valence-corrected chi connectivity index (χ1v) is 44.4. The van der Waals surface area contributed by atoms with Crippen molar-refractivity contribution in [3.63, 3.8) is 0 Å². The van der Waals surface area contributed by atoms with Gasteiger partial charge in [0.05, 0.1) is 26.4 Å². The zero-order valence-electron chi connectivity index (χ0n) is 69.1. The molecule has 0 aromatic rings. The molecule has 0 aliphatic carbocycles. The largest absolute Gasteiger partial charge is 0.463 e. The molecule has 14 nitrogen and oxygen atoms in total. The summed E-state index contributed by atoms with van der Waals surface area (Å²) in [5, 5.41) is 6.12. The van der Waals surface area contributed by atoms with Crippen molar-refractivity contribution in [1.29, 1.82) is 0 Å². The average molecular weight is 1470 g/mol. The molecule has 0 aliphatic rings. The predicted molar refractivity (Wildman–Crippen MR) is 435 cm³/mol. The fourth-order valence-corrected chi connectivity index (χ4v) is 14.8. The van der Waals surface area contributed by atoms with Crippen LogP contribution < -0.4 is 10.6 Å². The fourth-order valence-electron chi connectivity index (χ4n) is 14.8. The van der Waals surface area contributed by atoms with Crippen LogP contribution in [-0.4, -0.2) is 102 Å². The smallest absolute Gasteiger partial charge is 0.333 e. The van der Waals surface area contributed by atoms with E-state index in [1.54, 1.807) is 13.8 Å². The molecule has 0 radical (unpaired) electrons. The summed E-state index contributed by atoms with van der Waals surface area (Å²) in [7, 11) is 0. The second kappa shape index (κ2) is 78.8. The molecule has 4 unspecified atom stereocenters. The molecule has 0 fully saturated rings. The monoisotopic (exact) mass is 1470 g/mol. The molecular formula is C90H168N2O12. The lowest BCUT2D eigenvalue weighted by atomic mass is 9.78. The Bertz CT molecular complexity index is 1860. The first-order valence-electron chi connectivity index (χ1n) is 44.4. The van der Waals surface area contributed by atoms with Crippen molar-refractivity contribution in [1.82, 2.24) is 10.6 Å². The molecular weight excluding hydrogens is 1300 g/mol. The highest BCUT2D eigenvalue weighted by molar-refractivity contribution is 5.87. The van der Waals surface area contributed by atoms with Crippen molar-refractivity contribution in [2.24, 2.45) is 23.7 Å². The van der Waals surface area contributed by atoms with Crippen LogP contribution in [0.3, 0.4) is 0 Å². The zero-order chi connectivity index (χ0) is 76.1. The third-order valence-electron chi connectivity index (χ3n) is 21.3. The van der Waals surface area contributed by atoms with E-state index >= 15 is 0 Å². The van der Waals surface area contributed by atoms with Crippen LogP contribution in [-0.2, 0) is 57.2 Å². The quantitative estimate of drug-likeness (QED) is 0.0255. The Kier molecular flexibility index (Phi) is 75.9. The van der Waals surface area contributed by atoms with E-state index in [9.17, 15) is 28.8 Å². The number of carbonyl (C=O) groups is 6. The highest BCUT2D eigenvalue weighted by Crippen LogP contribution is 2.36. The first-order chi connectivity index (χ1) is 50.8. The van der Waals surface area contributed by atoms with Crippen LogP contribution in [0.4, 0.5) is 0 Å². The molecule has 0 spiro atoms. The van der Waals surface area contributed by atoms with Gasteiger partial charge in [-0.3, -0.25) is 19.2 Å². The molecule has 0 saturated carbocycles. The SMILES string of the molecule is C=C(C)C(=O)OCCOCCOC(=O)CCCCCCCCC(CCCCCCCC)C(CCCCCCCC)CCCCCCCCC(=O)NCCNC(=O)CCCCCCCCC(CCCCCCCC)C(CCCCCCCC)CCCCCCCCC(=O)OCCOCCOC(=O)C(=C)C. The second-order valence-electron chi connectivity index (χ2n) is 31.1. The van der Waals surface area contributed by atoms with Crippen LogP contribution in [0.2, 0.25) is 0 Å². The number of carbonyl (C=O) groups excluding carboxylic acids is 6. The molecule has 2 N–H and O–H groups in total. The Morgan fingerprint density at radius 1 is 0.250 bits per heavy atom. The van der Waals surface area contributed by atoms with Crippen molar-refractivity contribution in [2.45, 2.75) is 427 Å². The molecule has 0 aliphatic heterocycles. The van der Waals surface area contributed by atoms with Gasteiger partial charge in [0.15, 0.2) is 0 Å². The van der Waals surface area contributed by atoms with Crippen LogP contribution in [0.5, 0.6) is 0 Å². The predicted octanol–water partition coefficient (Wildman–Crippen LogP) is 24.5. The number of hydrogen-bond acceptors (Lipinski definition) is 12. The van der Waals surface area contributed by atoms with Crippen molar-refractivity contribution in [3.05, 3.63) is 24.3 Å². The van der Waals surface area contributed by atoms with E-state index in [1.165, 1.54) is 295 Å². The number of hydrogen-bond donors (Lipinski definition) is 2. The van der Waals surface area contributed by atoms with E-state index in [0.29, 0.717) is 49.9 Å². The summed E-state index contributed by atoms with van der Waals surface area (Å²) < 4.78 is 31.5. The lowest BCUT2D eigenvalue weighted by Gasteiger charge is -2.28. The Labute approximate surface area is 641 Å². The van der Waals surface area contributed by atoms with Gasteiger partial charge in [-0.15, -0.1) is 0 Å². The minimum absolute atomic E-state index is 0.100. The summed E-state index contributed by atoms with van der Waals surface area (Å²) in [5.41, 5.74) is 0.719. The Morgan fingerprint density at radius 3 is 0.663 bits per heavy atom. The molecule has 610 valence electrons. The first kappa shape index (κ1) is 100. The molecule has 0 saturated heterocycles. The van der Waals surface area contributed by atoms with Crippen LogP contribution in [0.25, 0.3) is 0 Å². The number of ether oxygens (including phenoxy) is 6. The molecule has 2 amide bonds.